The highest BCUT2D eigenvalue weighted by Gasteiger charge is 2.32. The number of nitrogens with zero attached hydrogens (tertiary/aromatic N) is 5. The van der Waals surface area contributed by atoms with Gasteiger partial charge in [0.05, 0.1) is 5.25 Å². The molecule has 0 aliphatic carbocycles. The Hall–Kier alpha value is -1.29. The maximum atomic E-state index is 11.9. The highest BCUT2D eigenvalue weighted by atomic mass is 32.2. The van der Waals surface area contributed by atoms with Crippen LogP contribution in [-0.4, -0.2) is 86.8 Å². The van der Waals surface area contributed by atoms with Gasteiger partial charge >= 0.3 is 0 Å². The summed E-state index contributed by atoms with van der Waals surface area (Å²) in [6.07, 6.45) is 4.39. The molecule has 1 N–H and O–H groups in total. The molecule has 0 radical (unpaired) electrons. The molecule has 1 atom stereocenters. The molecule has 1 unspecified atom stereocenters. The molecule has 0 bridgehead atoms. The number of likely N-dealkylation sites (tertiary alicyclic amines) is 1. The van der Waals surface area contributed by atoms with Gasteiger partial charge in [-0.15, -0.1) is 0 Å². The number of hydrogen-bond acceptors (Lipinski definition) is 7. The van der Waals surface area contributed by atoms with E-state index in [0.717, 1.165) is 44.2 Å². The monoisotopic (exact) mass is 354 g/mol. The number of likely N-dealkylation sites (N-methyl/N-ethyl adjacent to an activating group) is 1. The van der Waals surface area contributed by atoms with Crippen LogP contribution >= 0.6 is 0 Å². The molecular formula is C15H26N6O2S. The van der Waals surface area contributed by atoms with Crippen LogP contribution in [0, 0.1) is 0 Å². The summed E-state index contributed by atoms with van der Waals surface area (Å²) in [5.41, 5.74) is 1.02. The molecule has 2 aliphatic rings. The first-order valence-corrected chi connectivity index (χ1v) is 9.91. The number of nitrogens with one attached hydrogen (secondary N) is 1. The second-order valence-electron chi connectivity index (χ2n) is 6.58. The van der Waals surface area contributed by atoms with Crippen molar-refractivity contribution in [2.45, 2.75) is 18.2 Å². The fourth-order valence-electron chi connectivity index (χ4n) is 3.22. The zero-order valence-corrected chi connectivity index (χ0v) is 15.2. The molecular weight excluding hydrogens is 328 g/mol. The van der Waals surface area contributed by atoms with Gasteiger partial charge in [-0.25, -0.2) is 23.1 Å². The van der Waals surface area contributed by atoms with E-state index in [1.807, 2.05) is 12.4 Å². The lowest BCUT2D eigenvalue weighted by atomic mass is 10.3. The van der Waals surface area contributed by atoms with Crippen LogP contribution in [0.5, 0.6) is 0 Å². The molecule has 1 aromatic heterocycles. The molecule has 2 fully saturated rings. The van der Waals surface area contributed by atoms with E-state index < -0.39 is 10.0 Å². The van der Waals surface area contributed by atoms with Gasteiger partial charge in [0.25, 0.3) is 0 Å². The van der Waals surface area contributed by atoms with Crippen molar-refractivity contribution in [2.24, 2.45) is 0 Å². The minimum Gasteiger partial charge on any atom is -0.338 e. The highest BCUT2D eigenvalue weighted by molar-refractivity contribution is 7.90. The zero-order valence-electron chi connectivity index (χ0n) is 14.3. The van der Waals surface area contributed by atoms with Gasteiger partial charge in [-0.05, 0) is 27.1 Å². The van der Waals surface area contributed by atoms with Crippen LogP contribution in [0.2, 0.25) is 0 Å². The lowest BCUT2D eigenvalue weighted by Gasteiger charge is -2.32. The number of anilines is 1. The molecule has 8 nitrogen and oxygen atoms in total. The van der Waals surface area contributed by atoms with Crippen LogP contribution in [0.1, 0.15) is 12.0 Å². The van der Waals surface area contributed by atoms with Gasteiger partial charge in [-0.3, -0.25) is 4.90 Å². The van der Waals surface area contributed by atoms with Crippen LogP contribution in [0.4, 0.5) is 5.95 Å². The van der Waals surface area contributed by atoms with E-state index in [0.29, 0.717) is 19.5 Å². The largest absolute Gasteiger partial charge is 0.338 e. The summed E-state index contributed by atoms with van der Waals surface area (Å²) in [5.74, 6) is 0.781. The topological polar surface area (TPSA) is 81.7 Å². The quantitative estimate of drug-likeness (QED) is 0.753. The first-order valence-electron chi connectivity index (χ1n) is 8.37. The lowest BCUT2D eigenvalue weighted by molar-refractivity contribution is 0.311. The van der Waals surface area contributed by atoms with Crippen molar-refractivity contribution in [1.82, 2.24) is 24.5 Å². The molecule has 3 rings (SSSR count). The van der Waals surface area contributed by atoms with Crippen molar-refractivity contribution >= 4 is 16.0 Å². The Bertz CT molecular complexity index is 642. The van der Waals surface area contributed by atoms with E-state index in [1.165, 1.54) is 7.05 Å². The third-order valence-corrected chi connectivity index (χ3v) is 6.67. The predicted molar refractivity (Wildman–Crippen MR) is 93.4 cm³/mol. The molecule has 9 heteroatoms. The zero-order chi connectivity index (χ0) is 17.2. The van der Waals surface area contributed by atoms with Crippen molar-refractivity contribution < 1.29 is 8.42 Å². The fourth-order valence-corrected chi connectivity index (χ4v) is 4.37. The van der Waals surface area contributed by atoms with E-state index in [9.17, 15) is 8.42 Å². The molecule has 2 saturated heterocycles. The summed E-state index contributed by atoms with van der Waals surface area (Å²) in [5, 5.41) is -0.326. The van der Waals surface area contributed by atoms with E-state index in [4.69, 9.17) is 0 Å². The number of aromatic nitrogens is 2. The van der Waals surface area contributed by atoms with Crippen LogP contribution in [0.15, 0.2) is 12.4 Å². The first kappa shape index (κ1) is 17.5. The summed E-state index contributed by atoms with van der Waals surface area (Å²) >= 11 is 0. The minimum atomic E-state index is -3.18. The van der Waals surface area contributed by atoms with Crippen molar-refractivity contribution in [1.29, 1.82) is 0 Å². The van der Waals surface area contributed by atoms with E-state index in [2.05, 4.69) is 36.4 Å². The second-order valence-corrected chi connectivity index (χ2v) is 8.74. The number of sulfonamides is 1. The fraction of sp³-hybridized carbons (Fsp3) is 0.733. The Labute approximate surface area is 143 Å². The molecule has 134 valence electrons. The lowest BCUT2D eigenvalue weighted by Crippen LogP contribution is -2.45. The average Bonchev–Trinajstić information content (AvgIpc) is 3.06. The standard InChI is InChI=1S/C15H26N6O2S/c1-16-24(22,23)14-3-4-20(12-14)11-13-9-17-15(18-10-13)21-7-5-19(2)6-8-21/h9-10,14,16H,3-8,11-12H2,1-2H3. The van der Waals surface area contributed by atoms with Gasteiger partial charge in [0.15, 0.2) is 0 Å². The van der Waals surface area contributed by atoms with Gasteiger partial charge in [0, 0.05) is 57.2 Å². The van der Waals surface area contributed by atoms with Crippen LogP contribution in [0.25, 0.3) is 0 Å². The molecule has 0 spiro atoms. The number of piperazine rings is 1. The molecule has 0 amide bonds. The van der Waals surface area contributed by atoms with Crippen LogP contribution in [-0.2, 0) is 16.6 Å². The predicted octanol–water partition coefficient (Wildman–Crippen LogP) is -0.648. The molecule has 0 saturated carbocycles. The smallest absolute Gasteiger partial charge is 0.225 e. The van der Waals surface area contributed by atoms with E-state index in [1.54, 1.807) is 0 Å². The Balaban J connectivity index is 1.55. The van der Waals surface area contributed by atoms with Crippen molar-refractivity contribution in [2.75, 3.05) is 58.3 Å². The second kappa shape index (κ2) is 7.30. The SMILES string of the molecule is CNS(=O)(=O)C1CCN(Cc2cnc(N3CCN(C)CC3)nc2)C1. The van der Waals surface area contributed by atoms with Crippen molar-refractivity contribution in [3.63, 3.8) is 0 Å². The normalized spacial score (nSPS) is 23.8. The summed E-state index contributed by atoms with van der Waals surface area (Å²) in [6, 6.07) is 0. The van der Waals surface area contributed by atoms with Gasteiger partial charge in [-0.2, -0.15) is 0 Å². The summed E-state index contributed by atoms with van der Waals surface area (Å²) in [7, 11) is 0.417. The highest BCUT2D eigenvalue weighted by Crippen LogP contribution is 2.18. The molecule has 24 heavy (non-hydrogen) atoms. The van der Waals surface area contributed by atoms with Gasteiger partial charge in [0.1, 0.15) is 0 Å². The van der Waals surface area contributed by atoms with Gasteiger partial charge in [-0.1, -0.05) is 0 Å². The summed E-state index contributed by atoms with van der Waals surface area (Å²) in [4.78, 5) is 15.6. The third kappa shape index (κ3) is 4.02. The van der Waals surface area contributed by atoms with Crippen molar-refractivity contribution in [3.8, 4) is 0 Å². The molecule has 1 aromatic rings. The average molecular weight is 354 g/mol. The van der Waals surface area contributed by atoms with Crippen LogP contribution < -0.4 is 9.62 Å². The molecule has 3 heterocycles. The summed E-state index contributed by atoms with van der Waals surface area (Å²) < 4.78 is 26.2. The van der Waals surface area contributed by atoms with Crippen LogP contribution in [0.3, 0.4) is 0 Å². The summed E-state index contributed by atoms with van der Waals surface area (Å²) in [6.45, 7) is 5.99. The maximum absolute atomic E-state index is 11.9. The van der Waals surface area contributed by atoms with Crippen molar-refractivity contribution in [3.05, 3.63) is 18.0 Å². The Morgan fingerprint density at radius 2 is 1.83 bits per heavy atom. The van der Waals surface area contributed by atoms with Gasteiger partial charge < -0.3 is 9.80 Å². The van der Waals surface area contributed by atoms with E-state index in [-0.39, 0.29) is 5.25 Å². The third-order valence-electron chi connectivity index (χ3n) is 4.84. The Morgan fingerprint density at radius 1 is 1.17 bits per heavy atom. The maximum Gasteiger partial charge on any atom is 0.225 e. The Morgan fingerprint density at radius 3 is 2.46 bits per heavy atom. The van der Waals surface area contributed by atoms with Gasteiger partial charge in [0.2, 0.25) is 16.0 Å². The Kier molecular flexibility index (Phi) is 5.33. The number of hydrogen-bond donors (Lipinski definition) is 1. The number of rotatable bonds is 5. The first-order chi connectivity index (χ1) is 11.5. The van der Waals surface area contributed by atoms with E-state index >= 15 is 0 Å². The molecule has 2 aliphatic heterocycles. The molecule has 0 aromatic carbocycles. The minimum absolute atomic E-state index is 0.326.